The smallest absolute Gasteiger partial charge is 0.180 e. The van der Waals surface area contributed by atoms with Crippen molar-refractivity contribution in [2.24, 2.45) is 0 Å². The van der Waals surface area contributed by atoms with Gasteiger partial charge < -0.3 is 14.8 Å². The highest BCUT2D eigenvalue weighted by Gasteiger charge is 2.13. The molecule has 27 heavy (non-hydrogen) atoms. The van der Waals surface area contributed by atoms with E-state index in [2.05, 4.69) is 12.2 Å². The van der Waals surface area contributed by atoms with Crippen molar-refractivity contribution >= 4 is 23.2 Å². The van der Waals surface area contributed by atoms with Crippen molar-refractivity contribution in [3.05, 3.63) is 57.3 Å². The Kier molecular flexibility index (Phi) is 9.19. The van der Waals surface area contributed by atoms with E-state index in [0.29, 0.717) is 33.7 Å². The van der Waals surface area contributed by atoms with Crippen LogP contribution in [0.15, 0.2) is 30.3 Å². The first-order chi connectivity index (χ1) is 13.0. The van der Waals surface area contributed by atoms with E-state index >= 15 is 0 Å². The number of ether oxygens (including phenoxy) is 2. The average Bonchev–Trinajstić information content (AvgIpc) is 2.64. The molecule has 0 saturated carbocycles. The van der Waals surface area contributed by atoms with Gasteiger partial charge in [-0.1, -0.05) is 55.5 Å². The third-order valence-corrected chi connectivity index (χ3v) is 4.85. The van der Waals surface area contributed by atoms with E-state index in [1.54, 1.807) is 13.2 Å². The lowest BCUT2D eigenvalue weighted by atomic mass is 10.1. The molecule has 1 N–H and O–H groups in total. The van der Waals surface area contributed by atoms with Gasteiger partial charge in [0.05, 0.1) is 17.2 Å². The van der Waals surface area contributed by atoms with Gasteiger partial charge in [-0.05, 0) is 42.8 Å². The summed E-state index contributed by atoms with van der Waals surface area (Å²) in [7, 11) is 1.57. The molecule has 0 aliphatic heterocycles. The number of methoxy groups -OCH3 is 1. The van der Waals surface area contributed by atoms with Crippen LogP contribution in [0.4, 0.5) is 4.39 Å². The Morgan fingerprint density at radius 2 is 1.85 bits per heavy atom. The molecule has 0 aliphatic carbocycles. The summed E-state index contributed by atoms with van der Waals surface area (Å²) >= 11 is 12.4. The van der Waals surface area contributed by atoms with Crippen LogP contribution in [0.2, 0.25) is 10.0 Å². The summed E-state index contributed by atoms with van der Waals surface area (Å²) in [6.45, 7) is 4.06. The minimum atomic E-state index is -0.383. The molecule has 2 aromatic rings. The number of hydrogen-bond acceptors (Lipinski definition) is 3. The molecule has 0 fully saturated rings. The zero-order valence-electron chi connectivity index (χ0n) is 15.8. The number of unbranched alkanes of at least 4 members (excludes halogenated alkanes) is 3. The highest BCUT2D eigenvalue weighted by atomic mass is 35.5. The van der Waals surface area contributed by atoms with Crippen LogP contribution in [-0.4, -0.2) is 13.7 Å². The summed E-state index contributed by atoms with van der Waals surface area (Å²) in [5.41, 5.74) is 1.70. The molecule has 0 aliphatic rings. The van der Waals surface area contributed by atoms with Crippen molar-refractivity contribution in [3.8, 4) is 11.5 Å². The van der Waals surface area contributed by atoms with Gasteiger partial charge in [0.2, 0.25) is 0 Å². The van der Waals surface area contributed by atoms with Crippen LogP contribution in [0.3, 0.4) is 0 Å². The summed E-state index contributed by atoms with van der Waals surface area (Å²) in [6.07, 6.45) is 4.91. The molecule has 2 rings (SSSR count). The van der Waals surface area contributed by atoms with Crippen LogP contribution in [0.5, 0.6) is 11.5 Å². The minimum Gasteiger partial charge on any atom is -0.493 e. The van der Waals surface area contributed by atoms with Gasteiger partial charge >= 0.3 is 0 Å². The van der Waals surface area contributed by atoms with Crippen LogP contribution in [0, 0.1) is 5.82 Å². The third-order valence-electron chi connectivity index (χ3n) is 4.21. The number of rotatable bonds is 11. The molecule has 0 unspecified atom stereocenters. The summed E-state index contributed by atoms with van der Waals surface area (Å²) in [5, 5.41) is 4.20. The van der Waals surface area contributed by atoms with Crippen LogP contribution < -0.4 is 14.8 Å². The minimum absolute atomic E-state index is 0.171. The van der Waals surface area contributed by atoms with Crippen molar-refractivity contribution in [3.63, 3.8) is 0 Å². The summed E-state index contributed by atoms with van der Waals surface area (Å²) in [5.74, 6) is 0.626. The predicted octanol–water partition coefficient (Wildman–Crippen LogP) is 6.39. The second-order valence-corrected chi connectivity index (χ2v) is 7.19. The molecule has 0 heterocycles. The lowest BCUT2D eigenvalue weighted by molar-refractivity contribution is 0.284. The molecule has 0 atom stereocenters. The monoisotopic (exact) mass is 413 g/mol. The number of hydrogen-bond donors (Lipinski definition) is 1. The van der Waals surface area contributed by atoms with Gasteiger partial charge in [0.15, 0.2) is 11.5 Å². The highest BCUT2D eigenvalue weighted by molar-refractivity contribution is 6.32. The standard InChI is InChI=1S/C21H26Cl2FNO2/c1-3-4-5-6-9-25-13-15-10-19(23)21(20(11-15)26-2)27-14-16-7-8-17(24)12-18(16)22/h7-8,10-12,25H,3-6,9,13-14H2,1-2H3. The Labute approximate surface area is 170 Å². The largest absolute Gasteiger partial charge is 0.493 e. The number of halogens is 3. The molecule has 0 saturated heterocycles. The molecule has 3 nitrogen and oxygen atoms in total. The van der Waals surface area contributed by atoms with Gasteiger partial charge in [-0.3, -0.25) is 0 Å². The molecule has 0 radical (unpaired) electrons. The molecule has 0 aromatic heterocycles. The van der Waals surface area contributed by atoms with E-state index < -0.39 is 0 Å². The van der Waals surface area contributed by atoms with Crippen molar-refractivity contribution in [1.29, 1.82) is 0 Å². The van der Waals surface area contributed by atoms with E-state index in [0.717, 1.165) is 12.1 Å². The van der Waals surface area contributed by atoms with Crippen molar-refractivity contribution < 1.29 is 13.9 Å². The van der Waals surface area contributed by atoms with Crippen molar-refractivity contribution in [2.45, 2.75) is 45.8 Å². The first kappa shape index (κ1) is 21.8. The highest BCUT2D eigenvalue weighted by Crippen LogP contribution is 2.37. The SMILES string of the molecule is CCCCCCNCc1cc(Cl)c(OCc2ccc(F)cc2Cl)c(OC)c1. The zero-order valence-corrected chi connectivity index (χ0v) is 17.3. The van der Waals surface area contributed by atoms with E-state index in [1.165, 1.54) is 37.8 Å². The fraction of sp³-hybridized carbons (Fsp3) is 0.429. The van der Waals surface area contributed by atoms with Gasteiger partial charge in [-0.15, -0.1) is 0 Å². The fourth-order valence-corrected chi connectivity index (χ4v) is 3.22. The Bertz CT molecular complexity index is 740. The lowest BCUT2D eigenvalue weighted by Gasteiger charge is -2.15. The molecule has 0 bridgehead atoms. The van der Waals surface area contributed by atoms with E-state index in [9.17, 15) is 4.39 Å². The molecule has 2 aromatic carbocycles. The van der Waals surface area contributed by atoms with Crippen LogP contribution in [0.25, 0.3) is 0 Å². The topological polar surface area (TPSA) is 30.5 Å². The van der Waals surface area contributed by atoms with E-state index in [4.69, 9.17) is 32.7 Å². The molecule has 0 spiro atoms. The maximum atomic E-state index is 13.2. The second kappa shape index (κ2) is 11.4. The molecular formula is C21H26Cl2FNO2. The van der Waals surface area contributed by atoms with E-state index in [1.807, 2.05) is 12.1 Å². The van der Waals surface area contributed by atoms with Crippen molar-refractivity contribution in [1.82, 2.24) is 5.32 Å². The van der Waals surface area contributed by atoms with Crippen LogP contribution in [-0.2, 0) is 13.2 Å². The molecule has 6 heteroatoms. The Morgan fingerprint density at radius 1 is 1.04 bits per heavy atom. The quantitative estimate of drug-likeness (QED) is 0.432. The molecular weight excluding hydrogens is 388 g/mol. The van der Waals surface area contributed by atoms with Crippen LogP contribution >= 0.6 is 23.2 Å². The third kappa shape index (κ3) is 6.87. The molecule has 148 valence electrons. The molecule has 0 amide bonds. The van der Waals surface area contributed by atoms with Gasteiger partial charge in [0.1, 0.15) is 12.4 Å². The number of nitrogens with one attached hydrogen (secondary N) is 1. The van der Waals surface area contributed by atoms with Gasteiger partial charge in [-0.2, -0.15) is 0 Å². The predicted molar refractivity (Wildman–Crippen MR) is 110 cm³/mol. The first-order valence-electron chi connectivity index (χ1n) is 9.19. The maximum absolute atomic E-state index is 13.2. The zero-order chi connectivity index (χ0) is 19.6. The Hall–Kier alpha value is -1.49. The number of benzene rings is 2. The first-order valence-corrected chi connectivity index (χ1v) is 9.94. The Balaban J connectivity index is 1.98. The fourth-order valence-electron chi connectivity index (χ4n) is 2.71. The maximum Gasteiger partial charge on any atom is 0.180 e. The lowest BCUT2D eigenvalue weighted by Crippen LogP contribution is -2.14. The van der Waals surface area contributed by atoms with Gasteiger partial charge in [0, 0.05) is 12.1 Å². The summed E-state index contributed by atoms with van der Waals surface area (Å²) in [4.78, 5) is 0. The van der Waals surface area contributed by atoms with E-state index in [-0.39, 0.29) is 12.4 Å². The average molecular weight is 414 g/mol. The van der Waals surface area contributed by atoms with Gasteiger partial charge in [0.25, 0.3) is 0 Å². The normalized spacial score (nSPS) is 10.9. The second-order valence-electron chi connectivity index (χ2n) is 6.37. The summed E-state index contributed by atoms with van der Waals surface area (Å²) < 4.78 is 24.4. The summed E-state index contributed by atoms with van der Waals surface area (Å²) in [6, 6.07) is 7.97. The van der Waals surface area contributed by atoms with Gasteiger partial charge in [-0.25, -0.2) is 4.39 Å². The Morgan fingerprint density at radius 3 is 2.56 bits per heavy atom. The van der Waals surface area contributed by atoms with Crippen molar-refractivity contribution in [2.75, 3.05) is 13.7 Å². The van der Waals surface area contributed by atoms with Crippen LogP contribution in [0.1, 0.15) is 43.7 Å².